The van der Waals surface area contributed by atoms with Crippen LogP contribution in [0.25, 0.3) is 0 Å². The predicted molar refractivity (Wildman–Crippen MR) is 65.0 cm³/mol. The molecule has 0 aliphatic heterocycles. The Bertz CT molecular complexity index is 304. The lowest BCUT2D eigenvalue weighted by molar-refractivity contribution is 0.237. The second-order valence-corrected chi connectivity index (χ2v) is 4.96. The van der Waals surface area contributed by atoms with Crippen LogP contribution in [0.4, 0.5) is 0 Å². The van der Waals surface area contributed by atoms with Gasteiger partial charge in [-0.05, 0) is 31.7 Å². The van der Waals surface area contributed by atoms with E-state index in [0.717, 1.165) is 11.8 Å². The van der Waals surface area contributed by atoms with E-state index in [1.54, 1.807) is 6.33 Å². The van der Waals surface area contributed by atoms with Crippen LogP contribution < -0.4 is 5.32 Å². The third-order valence-electron chi connectivity index (χ3n) is 3.78. The molecule has 3 nitrogen and oxygen atoms in total. The number of rotatable bonds is 3. The summed E-state index contributed by atoms with van der Waals surface area (Å²) in [5, 5.41) is 3.42. The van der Waals surface area contributed by atoms with Gasteiger partial charge in [-0.1, -0.05) is 19.8 Å². The summed E-state index contributed by atoms with van der Waals surface area (Å²) in [5.74, 6) is 1.65. The molecule has 2 rings (SSSR count). The van der Waals surface area contributed by atoms with Gasteiger partial charge in [-0.25, -0.2) is 9.97 Å². The molecule has 1 unspecified atom stereocenters. The molecular formula is C13H21N3. The summed E-state index contributed by atoms with van der Waals surface area (Å²) >= 11 is 0. The van der Waals surface area contributed by atoms with Gasteiger partial charge in [0.1, 0.15) is 6.33 Å². The van der Waals surface area contributed by atoms with E-state index in [0.29, 0.717) is 6.04 Å². The van der Waals surface area contributed by atoms with Gasteiger partial charge in [0, 0.05) is 24.0 Å². The van der Waals surface area contributed by atoms with Crippen molar-refractivity contribution in [3.63, 3.8) is 0 Å². The molecule has 1 aromatic heterocycles. The molecule has 0 bridgehead atoms. The van der Waals surface area contributed by atoms with E-state index in [9.17, 15) is 0 Å². The van der Waals surface area contributed by atoms with Gasteiger partial charge in [0.05, 0.1) is 0 Å². The van der Waals surface area contributed by atoms with Gasteiger partial charge in [-0.15, -0.1) is 0 Å². The van der Waals surface area contributed by atoms with Crippen molar-refractivity contribution in [1.29, 1.82) is 0 Å². The molecule has 0 amide bonds. The van der Waals surface area contributed by atoms with E-state index >= 15 is 0 Å². The Morgan fingerprint density at radius 3 is 2.38 bits per heavy atom. The number of nitrogens with one attached hydrogen (secondary N) is 1. The molecule has 1 saturated carbocycles. The molecule has 0 saturated heterocycles. The first-order chi connectivity index (χ1) is 7.81. The van der Waals surface area contributed by atoms with Gasteiger partial charge >= 0.3 is 0 Å². The maximum atomic E-state index is 4.11. The summed E-state index contributed by atoms with van der Waals surface area (Å²) in [6, 6.07) is 0.425. The fraction of sp³-hybridized carbons (Fsp3) is 0.692. The van der Waals surface area contributed by atoms with Crippen LogP contribution in [0.3, 0.4) is 0 Å². The fourth-order valence-corrected chi connectivity index (χ4v) is 2.76. The summed E-state index contributed by atoms with van der Waals surface area (Å²) in [6.45, 7) is 2.36. The summed E-state index contributed by atoms with van der Waals surface area (Å²) < 4.78 is 0. The maximum absolute atomic E-state index is 4.11. The van der Waals surface area contributed by atoms with Gasteiger partial charge in [0.15, 0.2) is 0 Å². The maximum Gasteiger partial charge on any atom is 0.115 e. The Labute approximate surface area is 97.7 Å². The first kappa shape index (κ1) is 11.5. The smallest absolute Gasteiger partial charge is 0.115 e. The van der Waals surface area contributed by atoms with Crippen molar-refractivity contribution in [3.8, 4) is 0 Å². The van der Waals surface area contributed by atoms with Gasteiger partial charge < -0.3 is 5.32 Å². The Balaban J connectivity index is 2.05. The zero-order valence-corrected chi connectivity index (χ0v) is 10.2. The number of hydrogen-bond donors (Lipinski definition) is 1. The summed E-state index contributed by atoms with van der Waals surface area (Å²) in [7, 11) is 2.04. The highest BCUT2D eigenvalue weighted by atomic mass is 14.9. The number of nitrogens with zero attached hydrogens (tertiary/aromatic N) is 2. The van der Waals surface area contributed by atoms with Crippen LogP contribution in [0.1, 0.15) is 44.2 Å². The quantitative estimate of drug-likeness (QED) is 0.849. The van der Waals surface area contributed by atoms with Crippen molar-refractivity contribution in [2.45, 2.75) is 38.6 Å². The van der Waals surface area contributed by atoms with Crippen LogP contribution in [0.2, 0.25) is 0 Å². The Morgan fingerprint density at radius 2 is 1.81 bits per heavy atom. The average molecular weight is 219 g/mol. The van der Waals surface area contributed by atoms with Gasteiger partial charge in [0.2, 0.25) is 0 Å². The summed E-state index contributed by atoms with van der Waals surface area (Å²) in [5.41, 5.74) is 1.23. The van der Waals surface area contributed by atoms with Crippen LogP contribution in [-0.2, 0) is 0 Å². The van der Waals surface area contributed by atoms with Gasteiger partial charge in [-0.3, -0.25) is 0 Å². The molecule has 1 fully saturated rings. The molecule has 0 aromatic carbocycles. The number of aromatic nitrogens is 2. The lowest BCUT2D eigenvalue weighted by Gasteiger charge is -2.32. The van der Waals surface area contributed by atoms with Crippen LogP contribution in [0.15, 0.2) is 18.7 Å². The average Bonchev–Trinajstić information content (AvgIpc) is 2.34. The van der Waals surface area contributed by atoms with E-state index in [2.05, 4.69) is 22.2 Å². The molecule has 88 valence electrons. The van der Waals surface area contributed by atoms with E-state index < -0.39 is 0 Å². The predicted octanol–water partition coefficient (Wildman–Crippen LogP) is 2.56. The number of hydrogen-bond acceptors (Lipinski definition) is 3. The minimum atomic E-state index is 0.425. The van der Waals surface area contributed by atoms with E-state index in [-0.39, 0.29) is 0 Å². The molecule has 1 N–H and O–H groups in total. The van der Waals surface area contributed by atoms with Crippen LogP contribution in [0.5, 0.6) is 0 Å². The first-order valence-electron chi connectivity index (χ1n) is 6.23. The first-order valence-corrected chi connectivity index (χ1v) is 6.23. The van der Waals surface area contributed by atoms with Crippen molar-refractivity contribution < 1.29 is 0 Å². The highest BCUT2D eigenvalue weighted by molar-refractivity contribution is 5.10. The molecule has 1 aromatic rings. The van der Waals surface area contributed by atoms with Crippen molar-refractivity contribution in [3.05, 3.63) is 24.3 Å². The molecule has 1 aliphatic carbocycles. The SMILES string of the molecule is CNC(c1cncnc1)C1CCC(C)CC1. The van der Waals surface area contributed by atoms with Crippen molar-refractivity contribution >= 4 is 0 Å². The lowest BCUT2D eigenvalue weighted by Crippen LogP contribution is -2.28. The molecular weight excluding hydrogens is 198 g/mol. The topological polar surface area (TPSA) is 37.8 Å². The Morgan fingerprint density at radius 1 is 1.19 bits per heavy atom. The highest BCUT2D eigenvalue weighted by Crippen LogP contribution is 2.36. The monoisotopic (exact) mass is 219 g/mol. The fourth-order valence-electron chi connectivity index (χ4n) is 2.76. The molecule has 3 heteroatoms. The van der Waals surface area contributed by atoms with Crippen molar-refractivity contribution in [2.75, 3.05) is 7.05 Å². The largest absolute Gasteiger partial charge is 0.313 e. The van der Waals surface area contributed by atoms with Gasteiger partial charge in [0.25, 0.3) is 0 Å². The normalized spacial score (nSPS) is 27.6. The molecule has 16 heavy (non-hydrogen) atoms. The minimum Gasteiger partial charge on any atom is -0.313 e. The standard InChI is InChI=1S/C13H21N3/c1-10-3-5-11(6-4-10)13(14-2)12-7-15-9-16-8-12/h7-11,13-14H,3-6H2,1-2H3. The Kier molecular flexibility index (Phi) is 3.88. The second kappa shape index (κ2) is 5.39. The highest BCUT2D eigenvalue weighted by Gasteiger charge is 2.26. The van der Waals surface area contributed by atoms with Crippen molar-refractivity contribution in [2.24, 2.45) is 11.8 Å². The Hall–Kier alpha value is -0.960. The minimum absolute atomic E-state index is 0.425. The molecule has 1 heterocycles. The zero-order chi connectivity index (χ0) is 11.4. The second-order valence-electron chi connectivity index (χ2n) is 4.96. The van der Waals surface area contributed by atoms with Crippen LogP contribution >= 0.6 is 0 Å². The summed E-state index contributed by atoms with van der Waals surface area (Å²) in [6.07, 6.45) is 10.8. The third kappa shape index (κ3) is 2.59. The third-order valence-corrected chi connectivity index (χ3v) is 3.78. The van der Waals surface area contributed by atoms with E-state index in [4.69, 9.17) is 0 Å². The van der Waals surface area contributed by atoms with Gasteiger partial charge in [-0.2, -0.15) is 0 Å². The zero-order valence-electron chi connectivity index (χ0n) is 10.2. The molecule has 1 atom stereocenters. The molecule has 0 spiro atoms. The van der Waals surface area contributed by atoms with E-state index in [1.807, 2.05) is 19.4 Å². The van der Waals surface area contributed by atoms with Crippen LogP contribution in [0, 0.1) is 11.8 Å². The summed E-state index contributed by atoms with van der Waals surface area (Å²) in [4.78, 5) is 8.22. The molecule has 1 aliphatic rings. The van der Waals surface area contributed by atoms with E-state index in [1.165, 1.54) is 31.2 Å². The van der Waals surface area contributed by atoms with Crippen LogP contribution in [-0.4, -0.2) is 17.0 Å². The lowest BCUT2D eigenvalue weighted by atomic mass is 9.78. The van der Waals surface area contributed by atoms with Crippen molar-refractivity contribution in [1.82, 2.24) is 15.3 Å². The molecule has 0 radical (unpaired) electrons.